The summed E-state index contributed by atoms with van der Waals surface area (Å²) in [5.41, 5.74) is -0.114. The Balaban J connectivity index is 2.22. The highest BCUT2D eigenvalue weighted by molar-refractivity contribution is 5.75. The smallest absolute Gasteiger partial charge is 0.332 e. The lowest BCUT2D eigenvalue weighted by molar-refractivity contribution is -0.114. The summed E-state index contributed by atoms with van der Waals surface area (Å²) < 4.78 is 4.20. The van der Waals surface area contributed by atoms with Gasteiger partial charge in [0.15, 0.2) is 11.2 Å². The van der Waals surface area contributed by atoms with Gasteiger partial charge in [-0.05, 0) is 26.7 Å². The van der Waals surface area contributed by atoms with Gasteiger partial charge >= 0.3 is 5.69 Å². The lowest BCUT2D eigenvalue weighted by Crippen LogP contribution is -2.65. The molecule has 0 spiro atoms. The van der Waals surface area contributed by atoms with Crippen LogP contribution in [0.4, 0.5) is 5.95 Å². The number of imidazole rings is 1. The molecule has 1 fully saturated rings. The normalized spacial score (nSPS) is 15.7. The average molecular weight is 417 g/mol. The third kappa shape index (κ3) is 3.62. The van der Waals surface area contributed by atoms with E-state index >= 15 is 0 Å². The Hall–Kier alpha value is -3.37. The molecule has 1 aliphatic heterocycles. The van der Waals surface area contributed by atoms with Crippen LogP contribution in [0.3, 0.4) is 0 Å². The van der Waals surface area contributed by atoms with Gasteiger partial charge in [-0.25, -0.2) is 4.79 Å². The van der Waals surface area contributed by atoms with E-state index < -0.39 is 16.9 Å². The van der Waals surface area contributed by atoms with E-state index in [1.165, 1.54) is 11.6 Å². The number of amides is 2. The largest absolute Gasteiger partial charge is 0.338 e. The maximum absolute atomic E-state index is 12.9. The summed E-state index contributed by atoms with van der Waals surface area (Å²) in [6.45, 7) is 5.21. The third-order valence-electron chi connectivity index (χ3n) is 5.46. The second kappa shape index (κ2) is 8.17. The molecule has 2 N–H and O–H groups in total. The van der Waals surface area contributed by atoms with Gasteiger partial charge in [-0.15, -0.1) is 0 Å². The van der Waals surface area contributed by atoms with Crippen molar-refractivity contribution in [3.8, 4) is 0 Å². The van der Waals surface area contributed by atoms with Crippen LogP contribution in [0.2, 0.25) is 0 Å². The van der Waals surface area contributed by atoms with Crippen molar-refractivity contribution in [3.05, 3.63) is 32.5 Å². The summed E-state index contributed by atoms with van der Waals surface area (Å²) in [4.78, 5) is 54.2. The van der Waals surface area contributed by atoms with Crippen molar-refractivity contribution in [1.82, 2.24) is 29.3 Å². The van der Waals surface area contributed by atoms with E-state index in [4.69, 9.17) is 0 Å². The molecule has 0 aromatic carbocycles. The number of fused-ring (bicyclic) bond motifs is 1. The van der Waals surface area contributed by atoms with Crippen LogP contribution in [0.25, 0.3) is 11.2 Å². The van der Waals surface area contributed by atoms with Gasteiger partial charge in [0.05, 0.1) is 6.54 Å². The number of carbonyl (C=O) groups excluding carboxylic acids is 2. The predicted molar refractivity (Wildman–Crippen MR) is 112 cm³/mol. The van der Waals surface area contributed by atoms with Crippen LogP contribution in [-0.4, -0.2) is 50.3 Å². The van der Waals surface area contributed by atoms with Gasteiger partial charge in [-0.1, -0.05) is 11.6 Å². The fourth-order valence-electron chi connectivity index (χ4n) is 3.85. The zero-order valence-electron chi connectivity index (χ0n) is 17.6. The minimum Gasteiger partial charge on any atom is -0.338 e. The Labute approximate surface area is 173 Å². The fraction of sp³-hybridized carbons (Fsp3) is 0.526. The van der Waals surface area contributed by atoms with Gasteiger partial charge in [0.2, 0.25) is 18.8 Å². The van der Waals surface area contributed by atoms with E-state index in [0.717, 1.165) is 10.1 Å². The number of hydrogen-bond donors (Lipinski definition) is 2. The first-order chi connectivity index (χ1) is 14.2. The van der Waals surface area contributed by atoms with Crippen LogP contribution < -0.4 is 26.8 Å². The Morgan fingerprint density at radius 1 is 1.13 bits per heavy atom. The Kier molecular flexibility index (Phi) is 5.81. The highest BCUT2D eigenvalue weighted by atomic mass is 16.2. The minimum absolute atomic E-state index is 0.275. The van der Waals surface area contributed by atoms with E-state index in [9.17, 15) is 19.2 Å². The second-order valence-corrected chi connectivity index (χ2v) is 7.81. The van der Waals surface area contributed by atoms with Crippen LogP contribution in [-0.2, 0) is 30.2 Å². The molecule has 3 heterocycles. The van der Waals surface area contributed by atoms with Crippen molar-refractivity contribution < 1.29 is 9.59 Å². The number of carbonyl (C=O) groups is 2. The van der Waals surface area contributed by atoms with Gasteiger partial charge in [0.25, 0.3) is 5.56 Å². The molecule has 2 aromatic heterocycles. The van der Waals surface area contributed by atoms with Gasteiger partial charge in [-0.3, -0.25) is 23.5 Å². The number of rotatable bonds is 7. The van der Waals surface area contributed by atoms with E-state index in [-0.39, 0.29) is 6.54 Å². The molecular formula is C19H27N7O4. The van der Waals surface area contributed by atoms with E-state index in [0.29, 0.717) is 55.9 Å². The van der Waals surface area contributed by atoms with Crippen molar-refractivity contribution in [2.45, 2.75) is 38.9 Å². The maximum Gasteiger partial charge on any atom is 0.332 e. The number of aryl methyl sites for hydroxylation is 1. The molecule has 2 amide bonds. The Bertz CT molecular complexity index is 1110. The van der Waals surface area contributed by atoms with E-state index in [1.807, 2.05) is 24.8 Å². The molecule has 11 nitrogen and oxygen atoms in total. The summed E-state index contributed by atoms with van der Waals surface area (Å²) in [5, 5.41) is 5.42. The van der Waals surface area contributed by atoms with Crippen LogP contribution in [0.1, 0.15) is 26.7 Å². The quantitative estimate of drug-likeness (QED) is 0.345. The number of piperidine rings is 1. The monoisotopic (exact) mass is 417 g/mol. The lowest BCUT2D eigenvalue weighted by Gasteiger charge is -2.42. The summed E-state index contributed by atoms with van der Waals surface area (Å²) in [5.74, 6) is 0.505. The van der Waals surface area contributed by atoms with Crippen LogP contribution in [0.5, 0.6) is 0 Å². The average Bonchev–Trinajstić information content (AvgIpc) is 3.09. The van der Waals surface area contributed by atoms with Crippen LogP contribution in [0, 0.1) is 0 Å². The van der Waals surface area contributed by atoms with Gasteiger partial charge in [0.1, 0.15) is 5.66 Å². The molecule has 0 radical (unpaired) electrons. The number of anilines is 1. The first kappa shape index (κ1) is 21.3. The molecule has 2 aromatic rings. The number of aromatic nitrogens is 4. The first-order valence-electron chi connectivity index (χ1n) is 9.72. The molecule has 0 bridgehead atoms. The maximum atomic E-state index is 12.9. The molecular weight excluding hydrogens is 390 g/mol. The molecule has 0 aliphatic carbocycles. The third-order valence-corrected chi connectivity index (χ3v) is 5.46. The molecule has 0 saturated carbocycles. The summed E-state index contributed by atoms with van der Waals surface area (Å²) in [6, 6.07) is 0. The topological polar surface area (TPSA) is 123 Å². The zero-order chi connectivity index (χ0) is 22.1. The van der Waals surface area contributed by atoms with Gasteiger partial charge in [0, 0.05) is 27.2 Å². The van der Waals surface area contributed by atoms with Crippen LogP contribution in [0.15, 0.2) is 21.2 Å². The summed E-state index contributed by atoms with van der Waals surface area (Å²) >= 11 is 0. The number of allylic oxidation sites excluding steroid dienone is 2. The molecule has 11 heteroatoms. The molecule has 0 unspecified atom stereocenters. The van der Waals surface area contributed by atoms with Gasteiger partial charge < -0.3 is 20.1 Å². The Morgan fingerprint density at radius 2 is 1.80 bits per heavy atom. The highest BCUT2D eigenvalue weighted by Crippen LogP contribution is 2.26. The zero-order valence-corrected chi connectivity index (χ0v) is 17.6. The van der Waals surface area contributed by atoms with E-state index in [2.05, 4.69) is 15.6 Å². The first-order valence-corrected chi connectivity index (χ1v) is 9.72. The van der Waals surface area contributed by atoms with Crippen molar-refractivity contribution in [1.29, 1.82) is 0 Å². The predicted octanol–water partition coefficient (Wildman–Crippen LogP) is -0.812. The summed E-state index contributed by atoms with van der Waals surface area (Å²) in [6.07, 6.45) is 4.34. The van der Waals surface area contributed by atoms with Crippen molar-refractivity contribution in [3.63, 3.8) is 0 Å². The fourth-order valence-corrected chi connectivity index (χ4v) is 3.85. The number of hydrogen-bond acceptors (Lipinski definition) is 6. The van der Waals surface area contributed by atoms with E-state index in [1.54, 1.807) is 11.6 Å². The molecule has 3 rings (SSSR count). The standard InChI is InChI=1S/C19H27N7O4/c1-13(2)6-9-26-14-15(23(3)18(30)24(4)16(14)29)22-17(26)25-8-5-7-19(10-25,20-11-27)21-12-28/h6,11-12H,5,7-10H2,1-4H3,(H,20,27)(H,21,28). The molecule has 30 heavy (non-hydrogen) atoms. The van der Waals surface area contributed by atoms with Crippen molar-refractivity contribution in [2.75, 3.05) is 18.0 Å². The minimum atomic E-state index is -0.932. The molecule has 162 valence electrons. The lowest BCUT2D eigenvalue weighted by atomic mass is 9.98. The van der Waals surface area contributed by atoms with Crippen molar-refractivity contribution >= 4 is 29.9 Å². The molecule has 1 saturated heterocycles. The highest BCUT2D eigenvalue weighted by Gasteiger charge is 2.37. The number of nitrogens with zero attached hydrogens (tertiary/aromatic N) is 5. The van der Waals surface area contributed by atoms with Gasteiger partial charge in [-0.2, -0.15) is 4.98 Å². The SMILES string of the molecule is CC(C)=CCn1c(N2CCCC(NC=O)(NC=O)C2)nc2c1c(=O)n(C)c(=O)n2C. The number of nitrogens with one attached hydrogen (secondary N) is 2. The Morgan fingerprint density at radius 3 is 2.40 bits per heavy atom. The summed E-state index contributed by atoms with van der Waals surface area (Å²) in [7, 11) is 3.02. The second-order valence-electron chi connectivity index (χ2n) is 7.81. The molecule has 0 atom stereocenters. The van der Waals surface area contributed by atoms with Crippen molar-refractivity contribution in [2.24, 2.45) is 14.1 Å². The molecule has 1 aliphatic rings. The van der Waals surface area contributed by atoms with Crippen LogP contribution >= 0.6 is 0 Å².